The Labute approximate surface area is 159 Å². The number of nitrogens with zero attached hydrogens (tertiary/aromatic N) is 6. The molecule has 0 bridgehead atoms. The fraction of sp³-hybridized carbons (Fsp3) is 0.278. The molecule has 0 aliphatic heterocycles. The van der Waals surface area contributed by atoms with Crippen molar-refractivity contribution in [2.45, 2.75) is 31.0 Å². The molecule has 138 valence electrons. The molecule has 0 atom stereocenters. The van der Waals surface area contributed by atoms with Crippen LogP contribution in [0, 0.1) is 11.7 Å². The van der Waals surface area contributed by atoms with E-state index in [2.05, 4.69) is 39.1 Å². The fourth-order valence-corrected chi connectivity index (χ4v) is 3.43. The van der Waals surface area contributed by atoms with Crippen LogP contribution in [0.2, 0.25) is 0 Å². The topological polar surface area (TPSA) is 82.5 Å². The highest BCUT2D eigenvalue weighted by Gasteiger charge is 2.14. The first-order valence-corrected chi connectivity index (χ1v) is 9.47. The van der Waals surface area contributed by atoms with Crippen molar-refractivity contribution in [1.29, 1.82) is 0 Å². The molecule has 27 heavy (non-hydrogen) atoms. The Morgan fingerprint density at radius 3 is 2.78 bits per heavy atom. The van der Waals surface area contributed by atoms with E-state index < -0.39 is 0 Å². The van der Waals surface area contributed by atoms with E-state index in [-0.39, 0.29) is 5.82 Å². The summed E-state index contributed by atoms with van der Waals surface area (Å²) in [6, 6.07) is 6.10. The molecule has 0 radical (unpaired) electrons. The lowest BCUT2D eigenvalue weighted by Crippen LogP contribution is -1.98. The summed E-state index contributed by atoms with van der Waals surface area (Å²) < 4.78 is 20.1. The molecule has 1 aromatic carbocycles. The molecule has 0 amide bonds. The van der Waals surface area contributed by atoms with E-state index in [1.165, 1.54) is 30.2 Å². The SMILES string of the molecule is CC(C)Cc1noc(CSc2ncnc3c2cnn3-c2ccc(F)cc2)n1. The maximum atomic E-state index is 13.2. The standard InChI is InChI=1S/C18H17FN6OS/c1-11(2)7-15-23-16(26-24-15)9-27-18-14-8-22-25(17(14)20-10-21-18)13-5-3-12(19)4-6-13/h3-6,8,10-11H,7,9H2,1-2H3. The zero-order chi connectivity index (χ0) is 18.8. The highest BCUT2D eigenvalue weighted by atomic mass is 32.2. The minimum atomic E-state index is -0.294. The van der Waals surface area contributed by atoms with Crippen LogP contribution in [-0.2, 0) is 12.2 Å². The summed E-state index contributed by atoms with van der Waals surface area (Å²) in [5.74, 6) is 1.98. The Bertz CT molecular complexity index is 1060. The predicted molar refractivity (Wildman–Crippen MR) is 99.0 cm³/mol. The van der Waals surface area contributed by atoms with E-state index in [4.69, 9.17) is 4.52 Å². The average molecular weight is 384 g/mol. The number of thioether (sulfide) groups is 1. The van der Waals surface area contributed by atoms with Crippen LogP contribution in [0.15, 0.2) is 46.3 Å². The second-order valence-corrected chi connectivity index (χ2v) is 7.40. The summed E-state index contributed by atoms with van der Waals surface area (Å²) in [5, 5.41) is 9.97. The van der Waals surface area contributed by atoms with Gasteiger partial charge in [0, 0.05) is 6.42 Å². The van der Waals surface area contributed by atoms with E-state index in [1.54, 1.807) is 23.0 Å². The normalized spacial score (nSPS) is 11.6. The molecule has 4 aromatic rings. The van der Waals surface area contributed by atoms with E-state index in [0.717, 1.165) is 28.3 Å². The minimum Gasteiger partial charge on any atom is -0.338 e. The summed E-state index contributed by atoms with van der Waals surface area (Å²) >= 11 is 1.49. The first-order valence-electron chi connectivity index (χ1n) is 8.49. The van der Waals surface area contributed by atoms with Gasteiger partial charge in [-0.05, 0) is 30.2 Å². The monoisotopic (exact) mass is 384 g/mol. The van der Waals surface area contributed by atoms with Crippen LogP contribution in [-0.4, -0.2) is 29.9 Å². The maximum Gasteiger partial charge on any atom is 0.237 e. The van der Waals surface area contributed by atoms with Gasteiger partial charge < -0.3 is 4.52 Å². The van der Waals surface area contributed by atoms with E-state index in [1.807, 2.05) is 0 Å². The van der Waals surface area contributed by atoms with E-state index in [9.17, 15) is 4.39 Å². The van der Waals surface area contributed by atoms with Gasteiger partial charge in [-0.2, -0.15) is 10.1 Å². The predicted octanol–water partition coefficient (Wildman–Crippen LogP) is 3.83. The number of halogens is 1. The smallest absolute Gasteiger partial charge is 0.237 e. The van der Waals surface area contributed by atoms with Crippen molar-refractivity contribution in [3.63, 3.8) is 0 Å². The Kier molecular flexibility index (Phi) is 4.85. The number of hydrogen-bond acceptors (Lipinski definition) is 7. The van der Waals surface area contributed by atoms with Crippen LogP contribution in [0.5, 0.6) is 0 Å². The molecule has 0 spiro atoms. The van der Waals surface area contributed by atoms with Gasteiger partial charge >= 0.3 is 0 Å². The van der Waals surface area contributed by atoms with Gasteiger partial charge in [-0.25, -0.2) is 19.0 Å². The molecule has 3 aromatic heterocycles. The third-order valence-corrected chi connectivity index (χ3v) is 4.82. The highest BCUT2D eigenvalue weighted by molar-refractivity contribution is 7.98. The molecule has 0 saturated heterocycles. The van der Waals surface area contributed by atoms with Crippen molar-refractivity contribution in [2.24, 2.45) is 5.92 Å². The first kappa shape index (κ1) is 17.6. The lowest BCUT2D eigenvalue weighted by atomic mass is 10.1. The van der Waals surface area contributed by atoms with Crippen LogP contribution < -0.4 is 0 Å². The third kappa shape index (κ3) is 3.82. The minimum absolute atomic E-state index is 0.294. The second kappa shape index (κ2) is 7.43. The number of hydrogen-bond donors (Lipinski definition) is 0. The molecule has 0 aliphatic carbocycles. The molecule has 9 heteroatoms. The number of fused-ring (bicyclic) bond motifs is 1. The van der Waals surface area contributed by atoms with Gasteiger partial charge in [0.2, 0.25) is 5.89 Å². The summed E-state index contributed by atoms with van der Waals surface area (Å²) in [6.45, 7) is 4.22. The molecule has 3 heterocycles. The molecule has 7 nitrogen and oxygen atoms in total. The van der Waals surface area contributed by atoms with Crippen LogP contribution in [0.1, 0.15) is 25.6 Å². The molecular formula is C18H17FN6OS. The van der Waals surface area contributed by atoms with E-state index >= 15 is 0 Å². The molecule has 0 N–H and O–H groups in total. The van der Waals surface area contributed by atoms with Crippen molar-refractivity contribution in [1.82, 2.24) is 29.9 Å². The quantitative estimate of drug-likeness (QED) is 0.369. The van der Waals surface area contributed by atoms with Crippen LogP contribution in [0.4, 0.5) is 4.39 Å². The van der Waals surface area contributed by atoms with Crippen molar-refractivity contribution in [3.8, 4) is 5.69 Å². The van der Waals surface area contributed by atoms with Crippen LogP contribution in [0.25, 0.3) is 16.7 Å². The third-order valence-electron chi connectivity index (χ3n) is 3.83. The fourth-order valence-electron chi connectivity index (χ4n) is 2.64. The van der Waals surface area contributed by atoms with Crippen molar-refractivity contribution in [2.75, 3.05) is 0 Å². The highest BCUT2D eigenvalue weighted by Crippen LogP contribution is 2.28. The van der Waals surface area contributed by atoms with Crippen LogP contribution in [0.3, 0.4) is 0 Å². The van der Waals surface area contributed by atoms with E-state index in [0.29, 0.717) is 23.2 Å². The average Bonchev–Trinajstić information content (AvgIpc) is 3.27. The lowest BCUT2D eigenvalue weighted by Gasteiger charge is -2.03. The number of rotatable bonds is 6. The summed E-state index contributed by atoms with van der Waals surface area (Å²) in [7, 11) is 0. The summed E-state index contributed by atoms with van der Waals surface area (Å²) in [4.78, 5) is 13.1. The van der Waals surface area contributed by atoms with Gasteiger partial charge in [-0.1, -0.05) is 30.8 Å². The Hall–Kier alpha value is -2.81. The molecule has 0 aliphatic rings. The Morgan fingerprint density at radius 2 is 2.00 bits per heavy atom. The number of aromatic nitrogens is 6. The molecule has 0 unspecified atom stereocenters. The summed E-state index contributed by atoms with van der Waals surface area (Å²) in [6.07, 6.45) is 3.99. The maximum absolute atomic E-state index is 13.2. The largest absolute Gasteiger partial charge is 0.338 e. The van der Waals surface area contributed by atoms with Gasteiger partial charge in [-0.3, -0.25) is 0 Å². The van der Waals surface area contributed by atoms with Gasteiger partial charge in [0.05, 0.1) is 23.0 Å². The second-order valence-electron chi connectivity index (χ2n) is 6.44. The zero-order valence-electron chi connectivity index (χ0n) is 14.8. The first-order chi connectivity index (χ1) is 13.1. The Morgan fingerprint density at radius 1 is 1.19 bits per heavy atom. The van der Waals surface area contributed by atoms with Crippen LogP contribution >= 0.6 is 11.8 Å². The van der Waals surface area contributed by atoms with Gasteiger partial charge in [0.1, 0.15) is 17.2 Å². The molecule has 4 rings (SSSR count). The molecular weight excluding hydrogens is 367 g/mol. The number of benzene rings is 1. The van der Waals surface area contributed by atoms with Gasteiger partial charge in [0.15, 0.2) is 11.5 Å². The van der Waals surface area contributed by atoms with Crippen molar-refractivity contribution >= 4 is 22.8 Å². The molecule has 0 saturated carbocycles. The van der Waals surface area contributed by atoms with Crippen molar-refractivity contribution < 1.29 is 8.91 Å². The zero-order valence-corrected chi connectivity index (χ0v) is 15.6. The lowest BCUT2D eigenvalue weighted by molar-refractivity contribution is 0.382. The van der Waals surface area contributed by atoms with Gasteiger partial charge in [0.25, 0.3) is 0 Å². The van der Waals surface area contributed by atoms with Crippen molar-refractivity contribution in [3.05, 3.63) is 54.3 Å². The van der Waals surface area contributed by atoms with Gasteiger partial charge in [-0.15, -0.1) is 0 Å². The summed E-state index contributed by atoms with van der Waals surface area (Å²) in [5.41, 5.74) is 1.39. The Balaban J connectivity index is 1.56. The molecule has 0 fully saturated rings.